The van der Waals surface area contributed by atoms with E-state index in [4.69, 9.17) is 0 Å². The lowest BCUT2D eigenvalue weighted by Crippen LogP contribution is -2.63. The average molecular weight is 631 g/mol. The third-order valence-electron chi connectivity index (χ3n) is 10.9. The minimum atomic E-state index is -0.966. The summed E-state index contributed by atoms with van der Waals surface area (Å²) in [5, 5.41) is 2.23. The second kappa shape index (κ2) is 12.0. The van der Waals surface area contributed by atoms with Gasteiger partial charge in [0.2, 0.25) is 11.8 Å². The number of hydrogen-bond acceptors (Lipinski definition) is 8. The highest BCUT2D eigenvalue weighted by atomic mass is 19.1. The second-order valence-electron chi connectivity index (χ2n) is 13.9. The maximum atomic E-state index is 15.3. The van der Waals surface area contributed by atoms with Gasteiger partial charge < -0.3 is 14.7 Å². The standard InChI is InChI=1S/C35H43FN6O4/c1-3-10-35(2)11-13-40(14-12-35)29-7-5-24(20-28(29)36)38-15-17-39(18-16-38)25-21-41(22-25)23-4-6-26-27(19-23)34(46)42(33(26)45)30-8-9-31(43)37-32(30)44/h4-7,19-20,25,30H,3,8-18,21-22H2,1-2H3,(H,37,43,44). The topological polar surface area (TPSA) is 96.5 Å². The number of anilines is 3. The highest BCUT2D eigenvalue weighted by Crippen LogP contribution is 2.38. The zero-order valence-electron chi connectivity index (χ0n) is 26.8. The summed E-state index contributed by atoms with van der Waals surface area (Å²) in [6.45, 7) is 11.5. The molecule has 1 N–H and O–H groups in total. The van der Waals surface area contributed by atoms with Gasteiger partial charge in [-0.1, -0.05) is 20.3 Å². The predicted molar refractivity (Wildman–Crippen MR) is 174 cm³/mol. The van der Waals surface area contributed by atoms with Gasteiger partial charge >= 0.3 is 0 Å². The number of piperazine rings is 1. The number of nitrogens with zero attached hydrogens (tertiary/aromatic N) is 5. The molecule has 0 spiro atoms. The van der Waals surface area contributed by atoms with Crippen molar-refractivity contribution in [1.29, 1.82) is 0 Å². The number of fused-ring (bicyclic) bond motifs is 1. The van der Waals surface area contributed by atoms with Gasteiger partial charge in [0.25, 0.3) is 11.8 Å². The fraction of sp³-hybridized carbons (Fsp3) is 0.543. The maximum Gasteiger partial charge on any atom is 0.262 e. The quantitative estimate of drug-likeness (QED) is 0.464. The van der Waals surface area contributed by atoms with Crippen LogP contribution in [-0.4, -0.2) is 97.9 Å². The van der Waals surface area contributed by atoms with Crippen molar-refractivity contribution >= 4 is 40.7 Å². The summed E-state index contributed by atoms with van der Waals surface area (Å²) in [4.78, 5) is 60.3. The van der Waals surface area contributed by atoms with Crippen LogP contribution in [0.2, 0.25) is 0 Å². The summed E-state index contributed by atoms with van der Waals surface area (Å²) in [6, 6.07) is 10.4. The van der Waals surface area contributed by atoms with Gasteiger partial charge in [0, 0.05) is 76.2 Å². The van der Waals surface area contributed by atoms with Gasteiger partial charge in [0.1, 0.15) is 11.9 Å². The van der Waals surface area contributed by atoms with Crippen LogP contribution in [-0.2, 0) is 9.59 Å². The Morgan fingerprint density at radius 2 is 1.50 bits per heavy atom. The van der Waals surface area contributed by atoms with Gasteiger partial charge in [-0.25, -0.2) is 4.39 Å². The third-order valence-corrected chi connectivity index (χ3v) is 10.9. The van der Waals surface area contributed by atoms with Gasteiger partial charge in [-0.3, -0.25) is 34.3 Å². The monoisotopic (exact) mass is 630 g/mol. The van der Waals surface area contributed by atoms with Gasteiger partial charge in [-0.15, -0.1) is 0 Å². The number of halogens is 1. The molecule has 7 rings (SSSR count). The van der Waals surface area contributed by atoms with E-state index in [0.717, 1.165) is 87.2 Å². The normalized spacial score (nSPS) is 23.9. The van der Waals surface area contributed by atoms with E-state index >= 15 is 4.39 Å². The highest BCUT2D eigenvalue weighted by Gasteiger charge is 2.45. The summed E-state index contributed by atoms with van der Waals surface area (Å²) in [7, 11) is 0. The van der Waals surface area contributed by atoms with Gasteiger partial charge in [-0.2, -0.15) is 0 Å². The summed E-state index contributed by atoms with van der Waals surface area (Å²) < 4.78 is 15.3. The molecule has 0 aromatic heterocycles. The number of amides is 4. The molecule has 2 aromatic carbocycles. The van der Waals surface area contributed by atoms with Crippen LogP contribution in [0.4, 0.5) is 21.5 Å². The van der Waals surface area contributed by atoms with Crippen molar-refractivity contribution < 1.29 is 23.6 Å². The molecule has 5 aliphatic rings. The van der Waals surface area contributed by atoms with Crippen LogP contribution in [0, 0.1) is 11.2 Å². The summed E-state index contributed by atoms with van der Waals surface area (Å²) in [5.41, 5.74) is 3.50. The molecule has 4 saturated heterocycles. The Morgan fingerprint density at radius 3 is 2.17 bits per heavy atom. The predicted octanol–water partition coefficient (Wildman–Crippen LogP) is 3.64. The van der Waals surface area contributed by atoms with Crippen LogP contribution in [0.3, 0.4) is 0 Å². The minimum absolute atomic E-state index is 0.0965. The molecule has 1 atom stereocenters. The molecule has 0 aliphatic carbocycles. The van der Waals surface area contributed by atoms with Gasteiger partial charge in [0.15, 0.2) is 0 Å². The zero-order valence-corrected chi connectivity index (χ0v) is 26.8. The van der Waals surface area contributed by atoms with Crippen molar-refractivity contribution in [3.05, 3.63) is 53.3 Å². The van der Waals surface area contributed by atoms with Crippen molar-refractivity contribution in [3.8, 4) is 0 Å². The number of carbonyl (C=O) groups is 4. The van der Waals surface area contributed by atoms with Gasteiger partial charge in [-0.05, 0) is 67.5 Å². The Hall–Kier alpha value is -3.99. The Kier molecular flexibility index (Phi) is 7.99. The van der Waals surface area contributed by atoms with Crippen molar-refractivity contribution in [2.45, 2.75) is 64.5 Å². The maximum absolute atomic E-state index is 15.3. The lowest BCUT2D eigenvalue weighted by molar-refractivity contribution is -0.136. The molecule has 10 nitrogen and oxygen atoms in total. The molecule has 2 aromatic rings. The molecule has 0 saturated carbocycles. The Morgan fingerprint density at radius 1 is 0.826 bits per heavy atom. The number of benzene rings is 2. The van der Waals surface area contributed by atoms with E-state index in [0.29, 0.717) is 22.6 Å². The van der Waals surface area contributed by atoms with Crippen molar-refractivity contribution in [2.75, 3.05) is 67.1 Å². The van der Waals surface area contributed by atoms with E-state index < -0.39 is 23.8 Å². The molecule has 0 radical (unpaired) electrons. The van der Waals surface area contributed by atoms with Gasteiger partial charge in [0.05, 0.1) is 16.8 Å². The first kappa shape index (κ1) is 30.7. The Balaban J connectivity index is 0.915. The first-order valence-corrected chi connectivity index (χ1v) is 16.8. The molecule has 46 heavy (non-hydrogen) atoms. The number of rotatable bonds is 7. The third kappa shape index (κ3) is 5.52. The number of hydrogen-bond donors (Lipinski definition) is 1. The van der Waals surface area contributed by atoms with E-state index in [1.165, 1.54) is 12.8 Å². The first-order valence-electron chi connectivity index (χ1n) is 16.8. The fourth-order valence-corrected chi connectivity index (χ4v) is 7.99. The SMILES string of the molecule is CCCC1(C)CCN(c2ccc(N3CCN(C4CN(c5ccc6c(c5)C(=O)N(C5CCC(=O)NC5=O)C6=O)C4)CC3)cc2F)CC1. The number of imide groups is 2. The van der Waals surface area contributed by atoms with Crippen molar-refractivity contribution in [1.82, 2.24) is 15.1 Å². The molecule has 0 bridgehead atoms. The minimum Gasteiger partial charge on any atom is -0.369 e. The summed E-state index contributed by atoms with van der Waals surface area (Å²) in [6.07, 6.45) is 4.88. The van der Waals surface area contributed by atoms with E-state index in [9.17, 15) is 19.2 Å². The summed E-state index contributed by atoms with van der Waals surface area (Å²) in [5.74, 6) is -2.11. The molecule has 244 valence electrons. The Bertz CT molecular complexity index is 1560. The van der Waals surface area contributed by atoms with Crippen LogP contribution >= 0.6 is 0 Å². The molecular formula is C35H43FN6O4. The number of carbonyl (C=O) groups excluding carboxylic acids is 4. The largest absolute Gasteiger partial charge is 0.369 e. The van der Waals surface area contributed by atoms with Crippen LogP contribution in [0.25, 0.3) is 0 Å². The van der Waals surface area contributed by atoms with Crippen LogP contribution in [0.5, 0.6) is 0 Å². The molecule has 5 heterocycles. The molecule has 1 unspecified atom stereocenters. The smallest absolute Gasteiger partial charge is 0.262 e. The lowest BCUT2D eigenvalue weighted by Gasteiger charge is -2.49. The van der Waals surface area contributed by atoms with E-state index in [2.05, 4.69) is 44.8 Å². The average Bonchev–Trinajstić information content (AvgIpc) is 3.26. The van der Waals surface area contributed by atoms with Crippen LogP contribution in [0.15, 0.2) is 36.4 Å². The number of piperidine rings is 2. The van der Waals surface area contributed by atoms with Crippen LogP contribution in [0.1, 0.15) is 73.1 Å². The molecule has 4 amide bonds. The highest BCUT2D eigenvalue weighted by molar-refractivity contribution is 6.23. The molecular weight excluding hydrogens is 587 g/mol. The van der Waals surface area contributed by atoms with E-state index in [1.807, 2.05) is 12.1 Å². The van der Waals surface area contributed by atoms with Crippen molar-refractivity contribution in [2.24, 2.45) is 5.41 Å². The molecule has 5 aliphatic heterocycles. The molecule has 11 heteroatoms. The second-order valence-corrected chi connectivity index (χ2v) is 13.9. The molecule has 4 fully saturated rings. The zero-order chi connectivity index (χ0) is 32.2. The fourth-order valence-electron chi connectivity index (χ4n) is 7.99. The lowest BCUT2D eigenvalue weighted by atomic mass is 9.77. The van der Waals surface area contributed by atoms with Crippen molar-refractivity contribution in [3.63, 3.8) is 0 Å². The number of nitrogens with one attached hydrogen (secondary N) is 1. The van der Waals surface area contributed by atoms with Crippen LogP contribution < -0.4 is 20.0 Å². The van der Waals surface area contributed by atoms with E-state index in [-0.39, 0.29) is 24.6 Å². The first-order chi connectivity index (χ1) is 22.1. The van der Waals surface area contributed by atoms with E-state index in [1.54, 1.807) is 18.2 Å². The Labute approximate surface area is 269 Å². The summed E-state index contributed by atoms with van der Waals surface area (Å²) >= 11 is 0.